The van der Waals surface area contributed by atoms with Gasteiger partial charge in [-0.2, -0.15) is 4.98 Å². The van der Waals surface area contributed by atoms with Crippen LogP contribution in [0.15, 0.2) is 9.59 Å². The van der Waals surface area contributed by atoms with Crippen molar-refractivity contribution in [2.45, 2.75) is 39.8 Å². The van der Waals surface area contributed by atoms with Gasteiger partial charge in [0.2, 0.25) is 5.95 Å². The molecule has 8 nitrogen and oxygen atoms in total. The zero-order chi connectivity index (χ0) is 16.3. The number of imidazole rings is 1. The van der Waals surface area contributed by atoms with Crippen molar-refractivity contribution >= 4 is 17.1 Å². The van der Waals surface area contributed by atoms with Crippen LogP contribution in [0.25, 0.3) is 11.2 Å². The van der Waals surface area contributed by atoms with Crippen molar-refractivity contribution in [3.8, 4) is 0 Å². The van der Waals surface area contributed by atoms with E-state index in [0.717, 1.165) is 12.8 Å². The van der Waals surface area contributed by atoms with Crippen LogP contribution >= 0.6 is 0 Å². The Hall–Kier alpha value is -2.09. The average Bonchev–Trinajstić information content (AvgIpc) is 2.82. The zero-order valence-corrected chi connectivity index (χ0v) is 13.4. The summed E-state index contributed by atoms with van der Waals surface area (Å²) in [7, 11) is 1.78. The highest BCUT2D eigenvalue weighted by atomic mass is 16.2. The van der Waals surface area contributed by atoms with Gasteiger partial charge in [0.1, 0.15) is 0 Å². The van der Waals surface area contributed by atoms with Gasteiger partial charge >= 0.3 is 5.69 Å². The normalized spacial score (nSPS) is 11.3. The molecule has 0 aliphatic rings. The van der Waals surface area contributed by atoms with Gasteiger partial charge in [-0.1, -0.05) is 6.92 Å². The van der Waals surface area contributed by atoms with Crippen LogP contribution in [0, 0.1) is 0 Å². The second-order valence-electron chi connectivity index (χ2n) is 5.22. The molecular weight excluding hydrogens is 284 g/mol. The number of nitrogens with one attached hydrogen (secondary N) is 1. The Morgan fingerprint density at radius 1 is 1.23 bits per heavy atom. The van der Waals surface area contributed by atoms with Crippen LogP contribution in [0.5, 0.6) is 0 Å². The van der Waals surface area contributed by atoms with Crippen molar-refractivity contribution in [3.05, 3.63) is 20.8 Å². The second-order valence-corrected chi connectivity index (χ2v) is 5.22. The van der Waals surface area contributed by atoms with Crippen molar-refractivity contribution in [1.82, 2.24) is 18.7 Å². The van der Waals surface area contributed by atoms with Gasteiger partial charge in [-0.15, -0.1) is 0 Å². The van der Waals surface area contributed by atoms with Crippen LogP contribution in [0.4, 0.5) is 5.95 Å². The molecule has 8 heteroatoms. The molecule has 3 N–H and O–H groups in total. The summed E-state index contributed by atoms with van der Waals surface area (Å²) in [6, 6.07) is 0. The first-order valence-corrected chi connectivity index (χ1v) is 7.70. The average molecular weight is 308 g/mol. The number of fused-ring (bicyclic) bond motifs is 1. The van der Waals surface area contributed by atoms with Gasteiger partial charge in [-0.05, 0) is 26.3 Å². The maximum atomic E-state index is 12.5. The van der Waals surface area contributed by atoms with Gasteiger partial charge < -0.3 is 15.6 Å². The van der Waals surface area contributed by atoms with Gasteiger partial charge in [0, 0.05) is 26.7 Å². The Bertz CT molecular complexity index is 770. The second kappa shape index (κ2) is 6.78. The number of aromatic nitrogens is 4. The minimum absolute atomic E-state index is 0.295. The number of aryl methyl sites for hydroxylation is 2. The minimum atomic E-state index is -0.298. The summed E-state index contributed by atoms with van der Waals surface area (Å²) < 4.78 is 4.55. The van der Waals surface area contributed by atoms with Gasteiger partial charge in [-0.25, -0.2) is 4.79 Å². The highest BCUT2D eigenvalue weighted by Gasteiger charge is 2.18. The maximum absolute atomic E-state index is 12.5. The van der Waals surface area contributed by atoms with Crippen LogP contribution in [0.3, 0.4) is 0 Å². The standard InChI is InChI=1S/C14H24N6O2/c1-4-9-20-11-10(12(21)19(5-2)14(20)22)18(3)13(17-11)16-8-6-7-15/h4-9,15H2,1-3H3,(H,16,17). The Morgan fingerprint density at radius 3 is 2.55 bits per heavy atom. The lowest BCUT2D eigenvalue weighted by Gasteiger charge is -2.09. The molecule has 0 aromatic carbocycles. The molecule has 2 aromatic heterocycles. The van der Waals surface area contributed by atoms with Gasteiger partial charge in [0.15, 0.2) is 11.2 Å². The predicted octanol–water partition coefficient (Wildman–Crippen LogP) is 0.0873. The molecule has 22 heavy (non-hydrogen) atoms. The van der Waals surface area contributed by atoms with E-state index in [-0.39, 0.29) is 11.2 Å². The lowest BCUT2D eigenvalue weighted by atomic mass is 10.4. The third kappa shape index (κ3) is 2.66. The van der Waals surface area contributed by atoms with Crippen LogP contribution in [0.2, 0.25) is 0 Å². The Kier molecular flexibility index (Phi) is 5.02. The summed E-state index contributed by atoms with van der Waals surface area (Å²) in [5, 5.41) is 3.17. The third-order valence-electron chi connectivity index (χ3n) is 3.67. The molecule has 0 spiro atoms. The van der Waals surface area contributed by atoms with Gasteiger partial charge in [0.25, 0.3) is 5.56 Å². The first kappa shape index (κ1) is 16.3. The molecule has 0 saturated heterocycles. The maximum Gasteiger partial charge on any atom is 0.332 e. The summed E-state index contributed by atoms with van der Waals surface area (Å²) in [6.45, 7) is 5.92. The predicted molar refractivity (Wildman–Crippen MR) is 87.4 cm³/mol. The first-order valence-electron chi connectivity index (χ1n) is 7.70. The molecule has 0 unspecified atom stereocenters. The fourth-order valence-corrected chi connectivity index (χ4v) is 2.53. The molecule has 0 bridgehead atoms. The Morgan fingerprint density at radius 2 is 1.95 bits per heavy atom. The molecule has 2 aromatic rings. The topological polar surface area (TPSA) is 99.9 Å². The molecule has 2 rings (SSSR count). The van der Waals surface area contributed by atoms with E-state index in [4.69, 9.17) is 5.73 Å². The summed E-state index contributed by atoms with van der Waals surface area (Å²) in [4.78, 5) is 29.4. The third-order valence-corrected chi connectivity index (χ3v) is 3.67. The van der Waals surface area contributed by atoms with Gasteiger partial charge in [-0.3, -0.25) is 13.9 Å². The largest absolute Gasteiger partial charge is 0.356 e. The number of anilines is 1. The van der Waals surface area contributed by atoms with Crippen molar-refractivity contribution in [2.75, 3.05) is 18.4 Å². The molecule has 0 aliphatic heterocycles. The molecule has 0 fully saturated rings. The number of nitrogens with two attached hydrogens (primary N) is 1. The summed E-state index contributed by atoms with van der Waals surface area (Å²) in [5.74, 6) is 0.582. The zero-order valence-electron chi connectivity index (χ0n) is 13.4. The van der Waals surface area contributed by atoms with E-state index in [2.05, 4.69) is 10.3 Å². The van der Waals surface area contributed by atoms with E-state index < -0.39 is 0 Å². The fourth-order valence-electron chi connectivity index (χ4n) is 2.53. The van der Waals surface area contributed by atoms with Gasteiger partial charge in [0.05, 0.1) is 0 Å². The number of hydrogen-bond donors (Lipinski definition) is 2. The molecule has 0 atom stereocenters. The fraction of sp³-hybridized carbons (Fsp3) is 0.643. The summed E-state index contributed by atoms with van der Waals surface area (Å²) >= 11 is 0. The summed E-state index contributed by atoms with van der Waals surface area (Å²) in [6.07, 6.45) is 1.60. The molecule has 2 heterocycles. The summed E-state index contributed by atoms with van der Waals surface area (Å²) in [5.41, 5.74) is 5.79. The molecular formula is C14H24N6O2. The Labute approximate surface area is 128 Å². The lowest BCUT2D eigenvalue weighted by molar-refractivity contribution is 0.579. The highest BCUT2D eigenvalue weighted by molar-refractivity contribution is 5.74. The van der Waals surface area contributed by atoms with Crippen LogP contribution in [-0.2, 0) is 20.1 Å². The molecule has 0 radical (unpaired) electrons. The van der Waals surface area contributed by atoms with Crippen LogP contribution in [-0.4, -0.2) is 31.8 Å². The van der Waals surface area contributed by atoms with Crippen LogP contribution < -0.4 is 22.3 Å². The molecule has 0 saturated carbocycles. The van der Waals surface area contributed by atoms with E-state index in [0.29, 0.717) is 43.3 Å². The van der Waals surface area contributed by atoms with Crippen molar-refractivity contribution in [3.63, 3.8) is 0 Å². The van der Waals surface area contributed by atoms with Crippen molar-refractivity contribution in [2.24, 2.45) is 12.8 Å². The molecule has 0 amide bonds. The quantitative estimate of drug-likeness (QED) is 0.706. The first-order chi connectivity index (χ1) is 10.6. The van der Waals surface area contributed by atoms with E-state index in [1.54, 1.807) is 23.1 Å². The monoisotopic (exact) mass is 308 g/mol. The smallest absolute Gasteiger partial charge is 0.332 e. The van der Waals surface area contributed by atoms with Crippen molar-refractivity contribution < 1.29 is 0 Å². The SMILES string of the molecule is CCCn1c(=O)n(CC)c(=O)c2c1nc(NCCCN)n2C. The highest BCUT2D eigenvalue weighted by Crippen LogP contribution is 2.14. The van der Waals surface area contributed by atoms with E-state index >= 15 is 0 Å². The van der Waals surface area contributed by atoms with E-state index in [1.807, 2.05) is 6.92 Å². The minimum Gasteiger partial charge on any atom is -0.356 e. The number of nitrogens with zero attached hydrogens (tertiary/aromatic N) is 4. The van der Waals surface area contributed by atoms with E-state index in [1.165, 1.54) is 4.57 Å². The molecule has 122 valence electrons. The number of rotatable bonds is 7. The molecule has 0 aliphatic carbocycles. The van der Waals surface area contributed by atoms with Crippen molar-refractivity contribution in [1.29, 1.82) is 0 Å². The van der Waals surface area contributed by atoms with E-state index in [9.17, 15) is 9.59 Å². The lowest BCUT2D eigenvalue weighted by Crippen LogP contribution is -2.40. The van der Waals surface area contributed by atoms with Crippen LogP contribution in [0.1, 0.15) is 26.7 Å². The number of hydrogen-bond acceptors (Lipinski definition) is 5. The Balaban J connectivity index is 2.69.